The fourth-order valence-corrected chi connectivity index (χ4v) is 1.69. The van der Waals surface area contributed by atoms with Gasteiger partial charge in [-0.3, -0.25) is 9.78 Å². The molecule has 1 aromatic heterocycles. The third kappa shape index (κ3) is 5.27. The van der Waals surface area contributed by atoms with Crippen LogP contribution < -0.4 is 5.32 Å². The van der Waals surface area contributed by atoms with Gasteiger partial charge in [0.2, 0.25) is 0 Å². The molecule has 0 amide bonds. The number of carbonyl (C=O) groups excluding carboxylic acids is 1. The zero-order valence-corrected chi connectivity index (χ0v) is 11.3. The number of nitrogens with one attached hydrogen (secondary N) is 1. The number of esters is 1. The normalized spacial score (nSPS) is 12.4. The maximum Gasteiger partial charge on any atom is 0.307 e. The van der Waals surface area contributed by atoms with Gasteiger partial charge in [-0.05, 0) is 30.5 Å². The zero-order chi connectivity index (χ0) is 13.4. The second kappa shape index (κ2) is 7.82. The number of rotatable bonds is 7. The Labute approximate surface area is 109 Å². The lowest BCUT2D eigenvalue weighted by Crippen LogP contribution is -2.36. The maximum absolute atomic E-state index is 11.5. The predicted molar refractivity (Wildman–Crippen MR) is 71.0 cm³/mol. The van der Waals surface area contributed by atoms with Gasteiger partial charge >= 0.3 is 5.97 Å². The van der Waals surface area contributed by atoms with Crippen molar-refractivity contribution in [1.29, 1.82) is 0 Å². The van der Waals surface area contributed by atoms with Crippen molar-refractivity contribution >= 4 is 5.97 Å². The molecule has 0 aliphatic rings. The highest BCUT2D eigenvalue weighted by atomic mass is 16.5. The van der Waals surface area contributed by atoms with Crippen molar-refractivity contribution in [2.45, 2.75) is 39.8 Å². The number of pyridine rings is 1. The summed E-state index contributed by atoms with van der Waals surface area (Å²) < 4.78 is 4.99. The fourth-order valence-electron chi connectivity index (χ4n) is 1.69. The molecule has 18 heavy (non-hydrogen) atoms. The molecule has 4 heteroatoms. The van der Waals surface area contributed by atoms with Crippen LogP contribution in [0.3, 0.4) is 0 Å². The van der Waals surface area contributed by atoms with Gasteiger partial charge in [0.15, 0.2) is 0 Å². The van der Waals surface area contributed by atoms with Crippen LogP contribution in [0.25, 0.3) is 0 Å². The Morgan fingerprint density at radius 3 is 2.61 bits per heavy atom. The molecule has 1 unspecified atom stereocenters. The van der Waals surface area contributed by atoms with E-state index in [1.807, 2.05) is 19.1 Å². The smallest absolute Gasteiger partial charge is 0.307 e. The first kappa shape index (κ1) is 14.6. The first-order valence-electron chi connectivity index (χ1n) is 6.41. The van der Waals surface area contributed by atoms with E-state index in [9.17, 15) is 4.79 Å². The molecule has 4 nitrogen and oxygen atoms in total. The van der Waals surface area contributed by atoms with E-state index in [2.05, 4.69) is 24.1 Å². The van der Waals surface area contributed by atoms with E-state index in [0.29, 0.717) is 18.9 Å². The summed E-state index contributed by atoms with van der Waals surface area (Å²) in [7, 11) is 0. The average Bonchev–Trinajstić information content (AvgIpc) is 2.35. The minimum absolute atomic E-state index is 0.136. The number of carbonyl (C=O) groups is 1. The number of aromatic nitrogens is 1. The lowest BCUT2D eigenvalue weighted by Gasteiger charge is -2.21. The van der Waals surface area contributed by atoms with Gasteiger partial charge in [-0.2, -0.15) is 0 Å². The quantitative estimate of drug-likeness (QED) is 0.753. The van der Waals surface area contributed by atoms with E-state index < -0.39 is 0 Å². The highest BCUT2D eigenvalue weighted by Crippen LogP contribution is 2.08. The summed E-state index contributed by atoms with van der Waals surface area (Å²) in [6.45, 7) is 7.21. The van der Waals surface area contributed by atoms with Gasteiger partial charge in [0.05, 0.1) is 13.0 Å². The van der Waals surface area contributed by atoms with Crippen molar-refractivity contribution in [2.75, 3.05) is 6.61 Å². The number of hydrogen-bond acceptors (Lipinski definition) is 4. The Morgan fingerprint density at radius 2 is 2.06 bits per heavy atom. The Morgan fingerprint density at radius 1 is 1.39 bits per heavy atom. The molecule has 0 saturated heterocycles. The maximum atomic E-state index is 11.5. The Hall–Kier alpha value is -1.42. The largest absolute Gasteiger partial charge is 0.466 e. The third-order valence-electron chi connectivity index (χ3n) is 2.81. The first-order chi connectivity index (χ1) is 8.63. The zero-order valence-electron chi connectivity index (χ0n) is 11.3. The minimum atomic E-state index is -0.140. The van der Waals surface area contributed by atoms with E-state index in [-0.39, 0.29) is 12.0 Å². The van der Waals surface area contributed by atoms with Crippen LogP contribution in [0.5, 0.6) is 0 Å². The molecule has 1 atom stereocenters. The number of ether oxygens (including phenoxy) is 1. The molecule has 0 fully saturated rings. The van der Waals surface area contributed by atoms with Crippen molar-refractivity contribution in [3.8, 4) is 0 Å². The van der Waals surface area contributed by atoms with Crippen molar-refractivity contribution in [1.82, 2.24) is 10.3 Å². The van der Waals surface area contributed by atoms with Gasteiger partial charge in [-0.15, -0.1) is 0 Å². The van der Waals surface area contributed by atoms with Crippen LogP contribution in [0, 0.1) is 5.92 Å². The van der Waals surface area contributed by atoms with Gasteiger partial charge in [0.1, 0.15) is 0 Å². The summed E-state index contributed by atoms with van der Waals surface area (Å²) in [5, 5.41) is 3.40. The van der Waals surface area contributed by atoms with Crippen LogP contribution in [-0.4, -0.2) is 23.6 Å². The standard InChI is InChI=1S/C14H22N2O2/c1-4-18-14(17)9-13(11(2)3)16-10-12-5-7-15-8-6-12/h5-8,11,13,16H,4,9-10H2,1-3H3. The van der Waals surface area contributed by atoms with E-state index >= 15 is 0 Å². The van der Waals surface area contributed by atoms with Crippen LogP contribution in [0.4, 0.5) is 0 Å². The second-order valence-corrected chi connectivity index (χ2v) is 4.60. The van der Waals surface area contributed by atoms with Crippen molar-refractivity contribution in [2.24, 2.45) is 5.92 Å². The lowest BCUT2D eigenvalue weighted by atomic mass is 10.0. The topological polar surface area (TPSA) is 51.2 Å². The molecule has 1 rings (SSSR count). The number of nitrogens with zero attached hydrogens (tertiary/aromatic N) is 1. The van der Waals surface area contributed by atoms with Crippen LogP contribution >= 0.6 is 0 Å². The van der Waals surface area contributed by atoms with Crippen LogP contribution in [0.15, 0.2) is 24.5 Å². The third-order valence-corrected chi connectivity index (χ3v) is 2.81. The molecule has 100 valence electrons. The van der Waals surface area contributed by atoms with Gasteiger partial charge in [-0.25, -0.2) is 0 Å². The molecule has 0 bridgehead atoms. The molecule has 0 aromatic carbocycles. The van der Waals surface area contributed by atoms with E-state index in [1.54, 1.807) is 12.4 Å². The summed E-state index contributed by atoms with van der Waals surface area (Å²) >= 11 is 0. The molecule has 0 spiro atoms. The molecule has 0 saturated carbocycles. The summed E-state index contributed by atoms with van der Waals surface area (Å²) in [4.78, 5) is 15.5. The fraction of sp³-hybridized carbons (Fsp3) is 0.571. The number of hydrogen-bond donors (Lipinski definition) is 1. The molecular formula is C14H22N2O2. The van der Waals surface area contributed by atoms with Crippen molar-refractivity contribution in [3.05, 3.63) is 30.1 Å². The Balaban J connectivity index is 2.46. The van der Waals surface area contributed by atoms with Gasteiger partial charge in [0.25, 0.3) is 0 Å². The van der Waals surface area contributed by atoms with Crippen LogP contribution in [-0.2, 0) is 16.1 Å². The van der Waals surface area contributed by atoms with Crippen LogP contribution in [0.2, 0.25) is 0 Å². The highest BCUT2D eigenvalue weighted by Gasteiger charge is 2.17. The first-order valence-corrected chi connectivity index (χ1v) is 6.41. The van der Waals surface area contributed by atoms with Gasteiger partial charge in [0, 0.05) is 25.0 Å². The van der Waals surface area contributed by atoms with Gasteiger partial charge in [-0.1, -0.05) is 13.8 Å². The van der Waals surface area contributed by atoms with E-state index in [0.717, 1.165) is 6.54 Å². The SMILES string of the molecule is CCOC(=O)CC(NCc1ccncc1)C(C)C. The summed E-state index contributed by atoms with van der Waals surface area (Å²) in [5.74, 6) is 0.245. The minimum Gasteiger partial charge on any atom is -0.466 e. The summed E-state index contributed by atoms with van der Waals surface area (Å²) in [6.07, 6.45) is 3.95. The van der Waals surface area contributed by atoms with Crippen molar-refractivity contribution < 1.29 is 9.53 Å². The molecule has 0 aliphatic carbocycles. The predicted octanol–water partition coefficient (Wildman–Crippen LogP) is 2.15. The molecule has 1 heterocycles. The second-order valence-electron chi connectivity index (χ2n) is 4.60. The van der Waals surface area contributed by atoms with Crippen LogP contribution in [0.1, 0.15) is 32.8 Å². The lowest BCUT2D eigenvalue weighted by molar-refractivity contribution is -0.144. The average molecular weight is 250 g/mol. The molecule has 0 radical (unpaired) electrons. The Kier molecular flexibility index (Phi) is 6.36. The highest BCUT2D eigenvalue weighted by molar-refractivity contribution is 5.70. The van der Waals surface area contributed by atoms with E-state index in [4.69, 9.17) is 4.74 Å². The van der Waals surface area contributed by atoms with Crippen molar-refractivity contribution in [3.63, 3.8) is 0 Å². The monoisotopic (exact) mass is 250 g/mol. The van der Waals surface area contributed by atoms with Gasteiger partial charge < -0.3 is 10.1 Å². The Bertz CT molecular complexity index is 352. The summed E-state index contributed by atoms with van der Waals surface area (Å²) in [5.41, 5.74) is 1.17. The molecule has 1 N–H and O–H groups in total. The molecular weight excluding hydrogens is 228 g/mol. The summed E-state index contributed by atoms with van der Waals surface area (Å²) in [6, 6.07) is 4.07. The van der Waals surface area contributed by atoms with E-state index in [1.165, 1.54) is 5.56 Å². The molecule has 0 aliphatic heterocycles. The molecule has 1 aromatic rings.